The number of urea groups is 1. The van der Waals surface area contributed by atoms with Gasteiger partial charge >= 0.3 is 12.1 Å². The minimum atomic E-state index is -0.484. The summed E-state index contributed by atoms with van der Waals surface area (Å²) in [6, 6.07) is 10.7. The molecule has 0 aliphatic carbocycles. The van der Waals surface area contributed by atoms with Gasteiger partial charge in [-0.2, -0.15) is 5.26 Å². The van der Waals surface area contributed by atoms with Crippen molar-refractivity contribution in [2.24, 2.45) is 5.41 Å². The summed E-state index contributed by atoms with van der Waals surface area (Å²) >= 11 is 0. The van der Waals surface area contributed by atoms with E-state index in [1.807, 2.05) is 49.8 Å². The number of ether oxygens (including phenoxy) is 1. The first-order chi connectivity index (χ1) is 22.0. The van der Waals surface area contributed by atoms with Crippen molar-refractivity contribution in [3.05, 3.63) is 36.2 Å². The fourth-order valence-corrected chi connectivity index (χ4v) is 7.36. The number of hydrogen-bond donors (Lipinski definition) is 1. The quantitative estimate of drug-likeness (QED) is 0.485. The zero-order chi connectivity index (χ0) is 32.5. The molecule has 12 nitrogen and oxygen atoms in total. The Morgan fingerprint density at radius 2 is 1.78 bits per heavy atom. The molecule has 1 atom stereocenters. The third kappa shape index (κ3) is 6.93. The smallest absolute Gasteiger partial charge is 0.410 e. The van der Waals surface area contributed by atoms with Crippen molar-refractivity contribution >= 4 is 35.1 Å². The average Bonchev–Trinajstić information content (AvgIpc) is 3.38. The van der Waals surface area contributed by atoms with Gasteiger partial charge in [-0.1, -0.05) is 0 Å². The SMILES string of the molecule is CN1CCN([C@@H]2CCCN(c3cnc(C#N)c(Nc4ccc(N5CCC6(CCCN(C(=O)OC(C)(C)C)C6)CC5)cc4)n3)C2)C1=O. The Morgan fingerprint density at radius 1 is 1.02 bits per heavy atom. The van der Waals surface area contributed by atoms with Crippen molar-refractivity contribution in [1.82, 2.24) is 24.7 Å². The highest BCUT2D eigenvalue weighted by Gasteiger charge is 2.41. The van der Waals surface area contributed by atoms with Gasteiger partial charge in [-0.15, -0.1) is 0 Å². The van der Waals surface area contributed by atoms with Crippen LogP contribution in [0.3, 0.4) is 0 Å². The van der Waals surface area contributed by atoms with Crippen LogP contribution in [0.15, 0.2) is 30.5 Å². The molecule has 6 rings (SSSR count). The number of nitrogens with zero attached hydrogens (tertiary/aromatic N) is 8. The second-order valence-corrected chi connectivity index (χ2v) is 14.3. The molecule has 4 aliphatic rings. The molecule has 5 heterocycles. The topological polar surface area (TPSA) is 121 Å². The number of amides is 3. The molecule has 46 heavy (non-hydrogen) atoms. The lowest BCUT2D eigenvalue weighted by Gasteiger charge is -2.48. The molecule has 3 amide bonds. The summed E-state index contributed by atoms with van der Waals surface area (Å²) in [5.41, 5.74) is 1.90. The highest BCUT2D eigenvalue weighted by Crippen LogP contribution is 2.41. The molecule has 246 valence electrons. The summed E-state index contributed by atoms with van der Waals surface area (Å²) < 4.78 is 5.67. The number of nitriles is 1. The third-order valence-electron chi connectivity index (χ3n) is 9.91. The Bertz CT molecular complexity index is 1460. The zero-order valence-corrected chi connectivity index (χ0v) is 27.7. The Balaban J connectivity index is 1.07. The lowest BCUT2D eigenvalue weighted by atomic mass is 9.72. The fourth-order valence-electron chi connectivity index (χ4n) is 7.36. The summed E-state index contributed by atoms with van der Waals surface area (Å²) in [5.74, 6) is 1.14. The van der Waals surface area contributed by atoms with E-state index < -0.39 is 5.60 Å². The molecule has 1 aromatic carbocycles. The number of carbonyl (C=O) groups is 2. The summed E-state index contributed by atoms with van der Waals surface area (Å²) in [6.07, 6.45) is 7.65. The van der Waals surface area contributed by atoms with Crippen molar-refractivity contribution in [2.75, 3.05) is 74.5 Å². The van der Waals surface area contributed by atoms with Crippen LogP contribution in [0.4, 0.5) is 32.6 Å². The maximum atomic E-state index is 12.8. The number of likely N-dealkylation sites (tertiary alicyclic amines) is 1. The highest BCUT2D eigenvalue weighted by molar-refractivity contribution is 5.76. The predicted octanol–water partition coefficient (Wildman–Crippen LogP) is 5.05. The second-order valence-electron chi connectivity index (χ2n) is 14.3. The van der Waals surface area contributed by atoms with Crippen LogP contribution in [0.2, 0.25) is 0 Å². The summed E-state index contributed by atoms with van der Waals surface area (Å²) in [4.78, 5) is 44.8. The van der Waals surface area contributed by atoms with Crippen LogP contribution in [0.1, 0.15) is 65.0 Å². The molecule has 4 fully saturated rings. The minimum absolute atomic E-state index is 0.0893. The molecule has 0 saturated carbocycles. The zero-order valence-electron chi connectivity index (χ0n) is 27.7. The van der Waals surface area contributed by atoms with E-state index >= 15 is 0 Å². The van der Waals surface area contributed by atoms with Gasteiger partial charge < -0.3 is 34.6 Å². The van der Waals surface area contributed by atoms with Crippen LogP contribution in [0.5, 0.6) is 0 Å². The first-order valence-electron chi connectivity index (χ1n) is 16.7. The van der Waals surface area contributed by atoms with E-state index in [1.165, 1.54) is 0 Å². The monoisotopic (exact) mass is 629 g/mol. The number of carbonyl (C=O) groups excluding carboxylic acids is 2. The molecule has 1 spiro atoms. The Hall–Kier alpha value is -4.27. The summed E-state index contributed by atoms with van der Waals surface area (Å²) in [6.45, 7) is 12.2. The molecular formula is C34H47N9O3. The van der Waals surface area contributed by atoms with Crippen molar-refractivity contribution in [2.45, 2.75) is 70.9 Å². The van der Waals surface area contributed by atoms with Crippen LogP contribution < -0.4 is 15.1 Å². The van der Waals surface area contributed by atoms with Gasteiger partial charge in [0, 0.05) is 70.8 Å². The van der Waals surface area contributed by atoms with Gasteiger partial charge in [0.1, 0.15) is 17.5 Å². The molecule has 1 N–H and O–H groups in total. The number of likely N-dealkylation sites (N-methyl/N-ethyl adjacent to an activating group) is 1. The van der Waals surface area contributed by atoms with Gasteiger partial charge in [0.2, 0.25) is 0 Å². The minimum Gasteiger partial charge on any atom is -0.444 e. The molecule has 0 radical (unpaired) electrons. The molecular weight excluding hydrogens is 582 g/mol. The first kappa shape index (κ1) is 31.7. The van der Waals surface area contributed by atoms with E-state index in [-0.39, 0.29) is 29.3 Å². The van der Waals surface area contributed by atoms with E-state index in [0.717, 1.165) is 95.7 Å². The standard InChI is InChI=1S/C34H47N9O3/c1-33(2,3)46-32(45)42-16-6-12-34(24-42)13-17-40(18-14-34)26-10-8-25(9-11-26)37-30-28(21-35)36-22-29(38-30)41-15-5-7-27(23-41)43-20-19-39(4)31(43)44/h8-11,22,27H,5-7,12-20,23-24H2,1-4H3,(H,37,38)/t27-/m1/s1. The molecule has 0 bridgehead atoms. The van der Waals surface area contributed by atoms with Gasteiger partial charge in [0.15, 0.2) is 11.5 Å². The average molecular weight is 630 g/mol. The molecule has 4 saturated heterocycles. The van der Waals surface area contributed by atoms with Gasteiger partial charge in [-0.05, 0) is 89.0 Å². The Kier molecular flexibility index (Phi) is 8.86. The van der Waals surface area contributed by atoms with E-state index in [4.69, 9.17) is 9.72 Å². The molecule has 4 aliphatic heterocycles. The predicted molar refractivity (Wildman–Crippen MR) is 177 cm³/mol. The summed E-state index contributed by atoms with van der Waals surface area (Å²) in [5, 5.41) is 13.1. The highest BCUT2D eigenvalue weighted by atomic mass is 16.6. The first-order valence-corrected chi connectivity index (χ1v) is 16.7. The van der Waals surface area contributed by atoms with Crippen LogP contribution >= 0.6 is 0 Å². The third-order valence-corrected chi connectivity index (χ3v) is 9.91. The summed E-state index contributed by atoms with van der Waals surface area (Å²) in [7, 11) is 1.85. The fraction of sp³-hybridized carbons (Fsp3) is 0.618. The maximum absolute atomic E-state index is 12.8. The molecule has 12 heteroatoms. The number of hydrogen-bond acceptors (Lipinski definition) is 9. The van der Waals surface area contributed by atoms with Crippen molar-refractivity contribution < 1.29 is 14.3 Å². The number of benzene rings is 1. The van der Waals surface area contributed by atoms with E-state index in [2.05, 4.69) is 38.3 Å². The van der Waals surface area contributed by atoms with E-state index in [0.29, 0.717) is 18.2 Å². The lowest BCUT2D eigenvalue weighted by Crippen LogP contribution is -2.52. The molecule has 1 aromatic heterocycles. The number of anilines is 4. The number of rotatable bonds is 5. The second kappa shape index (κ2) is 12.9. The van der Waals surface area contributed by atoms with Crippen molar-refractivity contribution in [1.29, 1.82) is 5.26 Å². The van der Waals surface area contributed by atoms with Gasteiger partial charge in [0.25, 0.3) is 0 Å². The normalized spacial score (nSPS) is 21.8. The molecule has 2 aromatic rings. The molecule has 0 unspecified atom stereocenters. The van der Waals surface area contributed by atoms with Crippen LogP contribution in [0.25, 0.3) is 0 Å². The van der Waals surface area contributed by atoms with Crippen LogP contribution in [-0.2, 0) is 4.74 Å². The number of nitrogens with one attached hydrogen (secondary N) is 1. The van der Waals surface area contributed by atoms with Crippen molar-refractivity contribution in [3.8, 4) is 6.07 Å². The van der Waals surface area contributed by atoms with E-state index in [9.17, 15) is 14.9 Å². The largest absolute Gasteiger partial charge is 0.444 e. The van der Waals surface area contributed by atoms with Gasteiger partial charge in [-0.25, -0.2) is 19.6 Å². The van der Waals surface area contributed by atoms with Gasteiger partial charge in [-0.3, -0.25) is 0 Å². The van der Waals surface area contributed by atoms with Gasteiger partial charge in [0.05, 0.1) is 12.2 Å². The lowest BCUT2D eigenvalue weighted by molar-refractivity contribution is -0.000526. The van der Waals surface area contributed by atoms with Crippen LogP contribution in [-0.4, -0.2) is 108 Å². The maximum Gasteiger partial charge on any atom is 0.410 e. The van der Waals surface area contributed by atoms with Crippen LogP contribution in [0, 0.1) is 16.7 Å². The number of piperidine rings is 3. The van der Waals surface area contributed by atoms with E-state index in [1.54, 1.807) is 11.1 Å². The Morgan fingerprint density at radius 3 is 2.46 bits per heavy atom. The Labute approximate surface area is 272 Å². The van der Waals surface area contributed by atoms with Crippen molar-refractivity contribution in [3.63, 3.8) is 0 Å². The number of aromatic nitrogens is 2.